The molecule has 0 aromatic heterocycles. The van der Waals surface area contributed by atoms with E-state index in [2.05, 4.69) is 21.2 Å². The van der Waals surface area contributed by atoms with Gasteiger partial charge in [0.25, 0.3) is 0 Å². The van der Waals surface area contributed by atoms with Crippen molar-refractivity contribution in [3.05, 3.63) is 33.8 Å². The Balaban J connectivity index is 2.80. The Kier molecular flexibility index (Phi) is 5.16. The van der Waals surface area contributed by atoms with Crippen LogP contribution in [0.4, 0.5) is 4.79 Å². The summed E-state index contributed by atoms with van der Waals surface area (Å²) in [6.07, 6.45) is -0.515. The number of carboxylic acids is 1. The Morgan fingerprint density at radius 1 is 1.35 bits per heavy atom. The van der Waals surface area contributed by atoms with Gasteiger partial charge in [-0.3, -0.25) is 0 Å². The molecule has 1 aromatic carbocycles. The van der Waals surface area contributed by atoms with Gasteiger partial charge in [0, 0.05) is 4.47 Å². The number of halogens is 1. The van der Waals surface area contributed by atoms with Gasteiger partial charge in [-0.1, -0.05) is 22.0 Å². The molecule has 110 valence electrons. The molecule has 1 amide bonds. The number of hydrogen-bond donors (Lipinski definition) is 2. The predicted molar refractivity (Wildman–Crippen MR) is 78.9 cm³/mol. The number of benzene rings is 1. The molecule has 2 N–H and O–H groups in total. The third kappa shape index (κ3) is 4.85. The van der Waals surface area contributed by atoms with Crippen LogP contribution in [0.3, 0.4) is 0 Å². The molecule has 0 heterocycles. The lowest BCUT2D eigenvalue weighted by Crippen LogP contribution is -2.34. The summed E-state index contributed by atoms with van der Waals surface area (Å²) in [5.74, 6) is -0.995. The van der Waals surface area contributed by atoms with Crippen LogP contribution in [0.1, 0.15) is 49.7 Å². The standard InChI is InChI=1S/C14H18BrNO4/c1-8(16-13(19)20-14(2,3)4)10-6-5-9(12(17)18)7-11(10)15/h5-8H,1-4H3,(H,16,19)(H,17,18)/t8-/m0/s1. The van der Waals surface area contributed by atoms with Crippen molar-refractivity contribution in [2.24, 2.45) is 0 Å². The summed E-state index contributed by atoms with van der Waals surface area (Å²) in [6, 6.07) is 4.36. The van der Waals surface area contributed by atoms with Crippen molar-refractivity contribution < 1.29 is 19.4 Å². The molecule has 1 atom stereocenters. The van der Waals surface area contributed by atoms with Crippen LogP contribution in [-0.2, 0) is 4.74 Å². The van der Waals surface area contributed by atoms with E-state index < -0.39 is 17.7 Å². The molecule has 0 saturated heterocycles. The maximum absolute atomic E-state index is 11.7. The minimum absolute atomic E-state index is 0.185. The van der Waals surface area contributed by atoms with Gasteiger partial charge in [-0.15, -0.1) is 0 Å². The molecular formula is C14H18BrNO4. The predicted octanol–water partition coefficient (Wildman–Crippen LogP) is 3.73. The van der Waals surface area contributed by atoms with Crippen LogP contribution in [0, 0.1) is 0 Å². The number of amides is 1. The molecule has 6 heteroatoms. The van der Waals surface area contributed by atoms with Gasteiger partial charge in [0.2, 0.25) is 0 Å². The van der Waals surface area contributed by atoms with Crippen LogP contribution >= 0.6 is 15.9 Å². The number of alkyl carbamates (subject to hydrolysis) is 1. The van der Waals surface area contributed by atoms with Crippen molar-refractivity contribution in [2.45, 2.75) is 39.3 Å². The summed E-state index contributed by atoms with van der Waals surface area (Å²) in [7, 11) is 0. The monoisotopic (exact) mass is 343 g/mol. The van der Waals surface area contributed by atoms with Gasteiger partial charge in [0.15, 0.2) is 0 Å². The number of rotatable bonds is 3. The van der Waals surface area contributed by atoms with Gasteiger partial charge >= 0.3 is 12.1 Å². The highest BCUT2D eigenvalue weighted by Crippen LogP contribution is 2.25. The number of ether oxygens (including phenoxy) is 1. The second-order valence-corrected chi connectivity index (χ2v) is 6.26. The molecule has 0 aliphatic heterocycles. The lowest BCUT2D eigenvalue weighted by atomic mass is 10.1. The number of carboxylic acid groups (broad SMARTS) is 1. The topological polar surface area (TPSA) is 75.6 Å². The van der Waals surface area contributed by atoms with E-state index >= 15 is 0 Å². The summed E-state index contributed by atoms with van der Waals surface area (Å²) < 4.78 is 5.80. The van der Waals surface area contributed by atoms with E-state index in [1.807, 2.05) is 0 Å². The largest absolute Gasteiger partial charge is 0.478 e. The van der Waals surface area contributed by atoms with Crippen LogP contribution in [0.25, 0.3) is 0 Å². The second-order valence-electron chi connectivity index (χ2n) is 5.41. The van der Waals surface area contributed by atoms with E-state index in [4.69, 9.17) is 9.84 Å². The Hall–Kier alpha value is -1.56. The number of carbonyl (C=O) groups is 2. The van der Waals surface area contributed by atoms with Crippen LogP contribution in [0.5, 0.6) is 0 Å². The first-order valence-corrected chi connectivity index (χ1v) is 6.91. The van der Waals surface area contributed by atoms with E-state index in [1.54, 1.807) is 33.8 Å². The minimum Gasteiger partial charge on any atom is -0.478 e. The Morgan fingerprint density at radius 2 is 1.95 bits per heavy atom. The summed E-state index contributed by atoms with van der Waals surface area (Å²) in [6.45, 7) is 7.16. The molecular weight excluding hydrogens is 326 g/mol. The highest BCUT2D eigenvalue weighted by atomic mass is 79.9. The summed E-state index contributed by atoms with van der Waals surface area (Å²) >= 11 is 3.31. The maximum Gasteiger partial charge on any atom is 0.408 e. The third-order valence-electron chi connectivity index (χ3n) is 2.45. The fourth-order valence-electron chi connectivity index (χ4n) is 1.57. The summed E-state index contributed by atoms with van der Waals surface area (Å²) in [5, 5.41) is 11.6. The zero-order valence-corrected chi connectivity index (χ0v) is 13.4. The first kappa shape index (κ1) is 16.5. The fraction of sp³-hybridized carbons (Fsp3) is 0.429. The fourth-order valence-corrected chi connectivity index (χ4v) is 2.30. The Morgan fingerprint density at radius 3 is 2.40 bits per heavy atom. The van der Waals surface area contributed by atoms with Crippen LogP contribution in [0.2, 0.25) is 0 Å². The molecule has 0 fully saturated rings. The van der Waals surface area contributed by atoms with Crippen molar-refractivity contribution in [3.63, 3.8) is 0 Å². The van der Waals surface area contributed by atoms with E-state index in [1.165, 1.54) is 12.1 Å². The first-order valence-electron chi connectivity index (χ1n) is 6.12. The third-order valence-corrected chi connectivity index (χ3v) is 3.13. The molecule has 20 heavy (non-hydrogen) atoms. The highest BCUT2D eigenvalue weighted by molar-refractivity contribution is 9.10. The number of nitrogens with one attached hydrogen (secondary N) is 1. The number of aromatic carboxylic acids is 1. The maximum atomic E-state index is 11.7. The molecule has 1 rings (SSSR count). The van der Waals surface area contributed by atoms with Gasteiger partial charge in [-0.2, -0.15) is 0 Å². The zero-order chi connectivity index (χ0) is 15.5. The van der Waals surface area contributed by atoms with Gasteiger partial charge in [-0.05, 0) is 45.4 Å². The molecule has 0 spiro atoms. The van der Waals surface area contributed by atoms with Crippen molar-refractivity contribution >= 4 is 28.0 Å². The number of carbonyl (C=O) groups excluding carboxylic acids is 1. The first-order chi connectivity index (χ1) is 9.10. The van der Waals surface area contributed by atoms with Crippen molar-refractivity contribution in [3.8, 4) is 0 Å². The molecule has 0 unspecified atom stereocenters. The summed E-state index contributed by atoms with van der Waals surface area (Å²) in [5.41, 5.74) is 0.403. The van der Waals surface area contributed by atoms with Crippen molar-refractivity contribution in [2.75, 3.05) is 0 Å². The molecule has 0 saturated carbocycles. The van der Waals surface area contributed by atoms with Gasteiger partial charge < -0.3 is 15.2 Å². The molecule has 0 aliphatic rings. The lowest BCUT2D eigenvalue weighted by molar-refractivity contribution is 0.0507. The second kappa shape index (κ2) is 6.26. The molecule has 5 nitrogen and oxygen atoms in total. The average Bonchev–Trinajstić information content (AvgIpc) is 2.25. The van der Waals surface area contributed by atoms with Gasteiger partial charge in [-0.25, -0.2) is 9.59 Å². The summed E-state index contributed by atoms with van der Waals surface area (Å²) in [4.78, 5) is 22.5. The van der Waals surface area contributed by atoms with Crippen LogP contribution in [0.15, 0.2) is 22.7 Å². The van der Waals surface area contributed by atoms with Crippen molar-refractivity contribution in [1.82, 2.24) is 5.32 Å². The quantitative estimate of drug-likeness (QED) is 0.876. The lowest BCUT2D eigenvalue weighted by Gasteiger charge is -2.22. The van der Waals surface area contributed by atoms with Crippen molar-refractivity contribution in [1.29, 1.82) is 0 Å². The molecule has 0 bridgehead atoms. The zero-order valence-electron chi connectivity index (χ0n) is 11.9. The Bertz CT molecular complexity index is 522. The molecule has 0 radical (unpaired) electrons. The van der Waals surface area contributed by atoms with Crippen LogP contribution in [-0.4, -0.2) is 22.8 Å². The van der Waals surface area contributed by atoms with E-state index in [9.17, 15) is 9.59 Å². The normalized spacial score (nSPS) is 12.7. The number of hydrogen-bond acceptors (Lipinski definition) is 3. The molecule has 0 aliphatic carbocycles. The SMILES string of the molecule is C[C@H](NC(=O)OC(C)(C)C)c1ccc(C(=O)O)cc1Br. The van der Waals surface area contributed by atoms with E-state index in [0.717, 1.165) is 5.56 Å². The van der Waals surface area contributed by atoms with E-state index in [0.29, 0.717) is 4.47 Å². The highest BCUT2D eigenvalue weighted by Gasteiger charge is 2.19. The Labute approximate surface area is 126 Å². The minimum atomic E-state index is -0.995. The van der Waals surface area contributed by atoms with Crippen LogP contribution < -0.4 is 5.32 Å². The van der Waals surface area contributed by atoms with Gasteiger partial charge in [0.05, 0.1) is 11.6 Å². The van der Waals surface area contributed by atoms with Gasteiger partial charge in [0.1, 0.15) is 5.60 Å². The average molecular weight is 344 g/mol. The molecule has 1 aromatic rings. The van der Waals surface area contributed by atoms with E-state index in [-0.39, 0.29) is 11.6 Å². The smallest absolute Gasteiger partial charge is 0.408 e.